The van der Waals surface area contributed by atoms with Crippen LogP contribution in [0.25, 0.3) is 0 Å². The van der Waals surface area contributed by atoms with Gasteiger partial charge in [-0.25, -0.2) is 0 Å². The Bertz CT molecular complexity index is 422. The van der Waals surface area contributed by atoms with E-state index in [0.29, 0.717) is 23.7 Å². The molecule has 0 saturated carbocycles. The van der Waals surface area contributed by atoms with Crippen molar-refractivity contribution in [2.45, 2.75) is 25.9 Å². The molecule has 98 valence electrons. The van der Waals surface area contributed by atoms with Gasteiger partial charge < -0.3 is 14.2 Å². The zero-order chi connectivity index (χ0) is 13.0. The maximum absolute atomic E-state index is 11.3. The fourth-order valence-corrected chi connectivity index (χ4v) is 1.96. The summed E-state index contributed by atoms with van der Waals surface area (Å²) >= 11 is 0. The Morgan fingerprint density at radius 1 is 1.44 bits per heavy atom. The average molecular weight is 250 g/mol. The third-order valence-corrected chi connectivity index (χ3v) is 3.02. The van der Waals surface area contributed by atoms with Crippen LogP contribution in [0.4, 0.5) is 0 Å². The van der Waals surface area contributed by atoms with Crippen LogP contribution in [0.15, 0.2) is 18.2 Å². The fourth-order valence-electron chi connectivity index (χ4n) is 1.96. The van der Waals surface area contributed by atoms with Crippen LogP contribution in [0.2, 0.25) is 0 Å². The summed E-state index contributed by atoms with van der Waals surface area (Å²) in [4.78, 5) is 11.3. The van der Waals surface area contributed by atoms with Gasteiger partial charge in [-0.3, -0.25) is 4.79 Å². The van der Waals surface area contributed by atoms with Crippen molar-refractivity contribution in [1.29, 1.82) is 0 Å². The average Bonchev–Trinajstić information content (AvgIpc) is 2.89. The second kappa shape index (κ2) is 5.87. The summed E-state index contributed by atoms with van der Waals surface area (Å²) in [5, 5.41) is 0. The van der Waals surface area contributed by atoms with Crippen LogP contribution in [-0.4, -0.2) is 32.2 Å². The van der Waals surface area contributed by atoms with Crippen LogP contribution in [-0.2, 0) is 4.74 Å². The van der Waals surface area contributed by atoms with Crippen LogP contribution in [0.3, 0.4) is 0 Å². The molecule has 1 aliphatic heterocycles. The molecule has 1 atom stereocenters. The Labute approximate surface area is 107 Å². The monoisotopic (exact) mass is 250 g/mol. The molecule has 18 heavy (non-hydrogen) atoms. The second-order valence-electron chi connectivity index (χ2n) is 4.37. The number of hydrogen-bond acceptors (Lipinski definition) is 4. The van der Waals surface area contributed by atoms with E-state index in [1.54, 1.807) is 25.3 Å². The lowest BCUT2D eigenvalue weighted by molar-refractivity contribution is 0.0669. The van der Waals surface area contributed by atoms with Crippen molar-refractivity contribution in [3.63, 3.8) is 0 Å². The van der Waals surface area contributed by atoms with Crippen LogP contribution in [0.1, 0.15) is 30.1 Å². The fraction of sp³-hybridized carbons (Fsp3) is 0.500. The van der Waals surface area contributed by atoms with Gasteiger partial charge in [0, 0.05) is 12.2 Å². The number of carbonyl (C=O) groups excluding carboxylic acids is 1. The van der Waals surface area contributed by atoms with E-state index in [9.17, 15) is 4.79 Å². The first-order valence-corrected chi connectivity index (χ1v) is 6.14. The Morgan fingerprint density at radius 3 is 2.89 bits per heavy atom. The first-order valence-electron chi connectivity index (χ1n) is 6.14. The van der Waals surface area contributed by atoms with Gasteiger partial charge in [-0.05, 0) is 38.0 Å². The zero-order valence-corrected chi connectivity index (χ0v) is 10.8. The summed E-state index contributed by atoms with van der Waals surface area (Å²) in [5.74, 6) is 1.25. The maximum Gasteiger partial charge on any atom is 0.161 e. The summed E-state index contributed by atoms with van der Waals surface area (Å²) in [5.41, 5.74) is 0.622. The number of Topliss-reactive ketones (excluding diaryl/α,β-unsaturated/α-hetero) is 1. The molecule has 0 unspecified atom stereocenters. The number of hydrogen-bond donors (Lipinski definition) is 0. The van der Waals surface area contributed by atoms with E-state index in [1.165, 1.54) is 6.92 Å². The molecule has 1 aromatic rings. The van der Waals surface area contributed by atoms with Crippen molar-refractivity contribution < 1.29 is 19.0 Å². The van der Waals surface area contributed by atoms with Crippen LogP contribution in [0.5, 0.6) is 11.5 Å². The highest BCUT2D eigenvalue weighted by Crippen LogP contribution is 2.29. The van der Waals surface area contributed by atoms with Gasteiger partial charge in [-0.15, -0.1) is 0 Å². The Hall–Kier alpha value is -1.55. The molecule has 0 spiro atoms. The molecule has 1 aromatic carbocycles. The van der Waals surface area contributed by atoms with Crippen molar-refractivity contribution in [3.05, 3.63) is 23.8 Å². The number of ketones is 1. The largest absolute Gasteiger partial charge is 0.493 e. The first kappa shape index (κ1) is 12.9. The Kier molecular flexibility index (Phi) is 4.20. The molecule has 2 rings (SSSR count). The van der Waals surface area contributed by atoms with E-state index in [-0.39, 0.29) is 11.9 Å². The van der Waals surface area contributed by atoms with Crippen LogP contribution < -0.4 is 9.47 Å². The van der Waals surface area contributed by atoms with E-state index < -0.39 is 0 Å². The number of benzene rings is 1. The molecule has 0 amide bonds. The molecule has 0 aliphatic carbocycles. The van der Waals surface area contributed by atoms with Crippen molar-refractivity contribution in [2.24, 2.45) is 0 Å². The lowest BCUT2D eigenvalue weighted by Gasteiger charge is -2.14. The summed E-state index contributed by atoms with van der Waals surface area (Å²) < 4.78 is 16.4. The van der Waals surface area contributed by atoms with Crippen molar-refractivity contribution >= 4 is 5.78 Å². The molecule has 0 radical (unpaired) electrons. The normalized spacial score (nSPS) is 18.7. The van der Waals surface area contributed by atoms with Crippen molar-refractivity contribution in [1.82, 2.24) is 0 Å². The molecule has 0 N–H and O–H groups in total. The van der Waals surface area contributed by atoms with Gasteiger partial charge in [0.2, 0.25) is 0 Å². The Morgan fingerprint density at radius 2 is 2.28 bits per heavy atom. The van der Waals surface area contributed by atoms with E-state index in [1.807, 2.05) is 0 Å². The third-order valence-electron chi connectivity index (χ3n) is 3.02. The minimum absolute atomic E-state index is 0.0129. The molecule has 1 saturated heterocycles. The van der Waals surface area contributed by atoms with Gasteiger partial charge in [0.05, 0.1) is 13.2 Å². The minimum atomic E-state index is 0.0129. The smallest absolute Gasteiger partial charge is 0.161 e. The molecule has 1 aliphatic rings. The third kappa shape index (κ3) is 3.01. The molecule has 4 heteroatoms. The number of carbonyl (C=O) groups is 1. The summed E-state index contributed by atoms with van der Waals surface area (Å²) in [6.07, 6.45) is 2.30. The minimum Gasteiger partial charge on any atom is -0.493 e. The van der Waals surface area contributed by atoms with Gasteiger partial charge in [0.25, 0.3) is 0 Å². The quantitative estimate of drug-likeness (QED) is 0.753. The lowest BCUT2D eigenvalue weighted by Crippen LogP contribution is -2.16. The molecular formula is C14H18O4. The molecule has 0 aromatic heterocycles. The molecule has 1 fully saturated rings. The van der Waals surface area contributed by atoms with Gasteiger partial charge in [0.15, 0.2) is 17.3 Å². The van der Waals surface area contributed by atoms with E-state index in [0.717, 1.165) is 19.4 Å². The van der Waals surface area contributed by atoms with Gasteiger partial charge in [0.1, 0.15) is 6.61 Å². The summed E-state index contributed by atoms with van der Waals surface area (Å²) in [6.45, 7) is 2.87. The first-order chi connectivity index (χ1) is 8.70. The summed E-state index contributed by atoms with van der Waals surface area (Å²) in [6, 6.07) is 5.22. The van der Waals surface area contributed by atoms with E-state index >= 15 is 0 Å². The Balaban J connectivity index is 2.04. The summed E-state index contributed by atoms with van der Waals surface area (Å²) in [7, 11) is 1.57. The topological polar surface area (TPSA) is 44.8 Å². The maximum atomic E-state index is 11.3. The lowest BCUT2D eigenvalue weighted by atomic mass is 10.1. The van der Waals surface area contributed by atoms with Crippen molar-refractivity contribution in [2.75, 3.05) is 20.3 Å². The molecule has 0 bridgehead atoms. The number of methoxy groups -OCH3 is 1. The molecule has 1 heterocycles. The van der Waals surface area contributed by atoms with Gasteiger partial charge in [-0.1, -0.05) is 0 Å². The highest BCUT2D eigenvalue weighted by molar-refractivity contribution is 5.94. The number of ether oxygens (including phenoxy) is 3. The number of rotatable bonds is 5. The predicted molar refractivity (Wildman–Crippen MR) is 67.5 cm³/mol. The van der Waals surface area contributed by atoms with E-state index in [4.69, 9.17) is 14.2 Å². The van der Waals surface area contributed by atoms with E-state index in [2.05, 4.69) is 0 Å². The molecule has 4 nitrogen and oxygen atoms in total. The molecular weight excluding hydrogens is 232 g/mol. The van der Waals surface area contributed by atoms with Crippen LogP contribution >= 0.6 is 0 Å². The zero-order valence-electron chi connectivity index (χ0n) is 10.8. The highest BCUT2D eigenvalue weighted by Gasteiger charge is 2.17. The van der Waals surface area contributed by atoms with Crippen LogP contribution in [0, 0.1) is 0 Å². The standard InChI is InChI=1S/C14H18O4/c1-10(15)11-5-6-13(14(8-11)16-2)18-9-12-4-3-7-17-12/h5-6,8,12H,3-4,7,9H2,1-2H3/t12-/m1/s1. The second-order valence-corrected chi connectivity index (χ2v) is 4.37. The van der Waals surface area contributed by atoms with Gasteiger partial charge >= 0.3 is 0 Å². The highest BCUT2D eigenvalue weighted by atomic mass is 16.5. The van der Waals surface area contributed by atoms with Crippen molar-refractivity contribution in [3.8, 4) is 11.5 Å². The SMILES string of the molecule is COc1cc(C(C)=O)ccc1OC[C@H]1CCCO1. The van der Waals surface area contributed by atoms with Gasteiger partial charge in [-0.2, -0.15) is 0 Å². The predicted octanol–water partition coefficient (Wildman–Crippen LogP) is 2.46.